The zero-order valence-corrected chi connectivity index (χ0v) is 20.5. The van der Waals surface area contributed by atoms with Crippen LogP contribution >= 0.6 is 0 Å². The van der Waals surface area contributed by atoms with Crippen LogP contribution in [0.5, 0.6) is 0 Å². The second kappa shape index (κ2) is 11.3. The van der Waals surface area contributed by atoms with Crippen LogP contribution in [0.3, 0.4) is 0 Å². The van der Waals surface area contributed by atoms with Crippen molar-refractivity contribution in [3.05, 3.63) is 59.3 Å². The van der Waals surface area contributed by atoms with Crippen molar-refractivity contribution in [2.24, 2.45) is 0 Å². The molecule has 3 heterocycles. The van der Waals surface area contributed by atoms with Crippen molar-refractivity contribution in [3.63, 3.8) is 0 Å². The number of fused-ring (bicyclic) bond motifs is 1. The van der Waals surface area contributed by atoms with Crippen molar-refractivity contribution >= 4 is 6.47 Å². The number of aliphatic hydroxyl groups excluding tert-OH is 1. The number of nitrogens with one attached hydrogen (secondary N) is 1. The fourth-order valence-corrected chi connectivity index (χ4v) is 5.18. The zero-order valence-electron chi connectivity index (χ0n) is 20.5. The van der Waals surface area contributed by atoms with E-state index in [1.54, 1.807) is 0 Å². The highest BCUT2D eigenvalue weighted by Crippen LogP contribution is 2.41. The molecule has 35 heavy (non-hydrogen) atoms. The highest BCUT2D eigenvalue weighted by atomic mass is 16.8. The van der Waals surface area contributed by atoms with Gasteiger partial charge < -0.3 is 24.4 Å². The van der Waals surface area contributed by atoms with E-state index in [0.29, 0.717) is 45.3 Å². The molecule has 0 aromatic carbocycles. The number of hydrogen-bond donors (Lipinski definition) is 3. The molecule has 1 aliphatic carbocycles. The lowest BCUT2D eigenvalue weighted by molar-refractivity contribution is -0.293. The van der Waals surface area contributed by atoms with Crippen LogP contribution in [0.2, 0.25) is 0 Å². The molecular weight excluding hydrogens is 450 g/mol. The molecule has 0 amide bonds. The first-order valence-corrected chi connectivity index (χ1v) is 12.4. The first-order chi connectivity index (χ1) is 16.8. The number of aliphatic hydroxyl groups is 2. The standard InChI is InChI=1S/C27H37NO7/c1-19(9-10-22-15-23(33-18-29)16-26(34-22)12-6-14-28-35-26)7-4-3-5-8-21-17-32-25-24(30)20(2)11-13-27(21,25)31/h3,5-6,8-9,11-12,18,22-25,28,30-31H,4,7,10,13-17H2,1-2H3/b5-3+,19-9+,21-8+/t22?,23?,24?,25-,26?,27+/m1/s1. The van der Waals surface area contributed by atoms with E-state index in [9.17, 15) is 15.0 Å². The number of ether oxygens (including phenoxy) is 3. The second-order valence-electron chi connectivity index (χ2n) is 9.90. The van der Waals surface area contributed by atoms with E-state index in [4.69, 9.17) is 19.0 Å². The first-order valence-electron chi connectivity index (χ1n) is 12.4. The maximum Gasteiger partial charge on any atom is 0.293 e. The highest BCUT2D eigenvalue weighted by Gasteiger charge is 2.51. The van der Waals surface area contributed by atoms with E-state index in [1.807, 2.05) is 37.3 Å². The summed E-state index contributed by atoms with van der Waals surface area (Å²) >= 11 is 0. The highest BCUT2D eigenvalue weighted by molar-refractivity contribution is 5.37. The van der Waals surface area contributed by atoms with E-state index in [-0.39, 0.29) is 12.2 Å². The average molecular weight is 488 g/mol. The van der Waals surface area contributed by atoms with Gasteiger partial charge >= 0.3 is 0 Å². The third kappa shape index (κ3) is 6.02. The lowest BCUT2D eigenvalue weighted by Gasteiger charge is -2.42. The average Bonchev–Trinajstić information content (AvgIpc) is 3.17. The van der Waals surface area contributed by atoms with Gasteiger partial charge in [0.25, 0.3) is 6.47 Å². The van der Waals surface area contributed by atoms with Crippen molar-refractivity contribution in [2.45, 2.75) is 88.2 Å². The van der Waals surface area contributed by atoms with Crippen LogP contribution in [0.4, 0.5) is 0 Å². The predicted octanol–water partition coefficient (Wildman–Crippen LogP) is 2.93. The van der Waals surface area contributed by atoms with Crippen LogP contribution in [-0.4, -0.2) is 65.6 Å². The normalized spacial score (nSPS) is 38.7. The quantitative estimate of drug-likeness (QED) is 0.355. The van der Waals surface area contributed by atoms with Gasteiger partial charge in [0.15, 0.2) is 0 Å². The predicted molar refractivity (Wildman–Crippen MR) is 130 cm³/mol. The molecule has 3 N–H and O–H groups in total. The molecule has 0 bridgehead atoms. The van der Waals surface area contributed by atoms with Gasteiger partial charge in [0, 0.05) is 25.8 Å². The molecule has 0 aromatic heterocycles. The van der Waals surface area contributed by atoms with Crippen molar-refractivity contribution in [1.29, 1.82) is 0 Å². The molecule has 8 nitrogen and oxygen atoms in total. The number of carbonyl (C=O) groups is 1. The van der Waals surface area contributed by atoms with Crippen LogP contribution in [0.1, 0.15) is 52.4 Å². The maximum atomic E-state index is 11.0. The van der Waals surface area contributed by atoms with Gasteiger partial charge in [0.05, 0.1) is 12.7 Å². The Morgan fingerprint density at radius 1 is 1.40 bits per heavy atom. The van der Waals surface area contributed by atoms with Gasteiger partial charge in [0.2, 0.25) is 5.79 Å². The lowest BCUT2D eigenvalue weighted by atomic mass is 9.78. The molecule has 6 atom stereocenters. The Balaban J connectivity index is 1.27. The minimum Gasteiger partial charge on any atom is -0.464 e. The van der Waals surface area contributed by atoms with Crippen molar-refractivity contribution in [2.75, 3.05) is 13.2 Å². The van der Waals surface area contributed by atoms with Crippen LogP contribution in [0, 0.1) is 0 Å². The summed E-state index contributed by atoms with van der Waals surface area (Å²) < 4.78 is 17.2. The van der Waals surface area contributed by atoms with Gasteiger partial charge in [-0.15, -0.1) is 0 Å². The van der Waals surface area contributed by atoms with E-state index < -0.39 is 23.6 Å². The minimum absolute atomic E-state index is 0.118. The van der Waals surface area contributed by atoms with E-state index in [0.717, 1.165) is 24.0 Å². The Labute approximate surface area is 206 Å². The third-order valence-electron chi connectivity index (χ3n) is 7.27. The Bertz CT molecular complexity index is 922. The Hall–Kier alpha value is -2.07. The van der Waals surface area contributed by atoms with Gasteiger partial charge in [0.1, 0.15) is 23.9 Å². The summed E-state index contributed by atoms with van der Waals surface area (Å²) in [4.78, 5) is 16.6. The van der Waals surface area contributed by atoms with Gasteiger partial charge in [-0.1, -0.05) is 42.0 Å². The van der Waals surface area contributed by atoms with Crippen LogP contribution < -0.4 is 5.48 Å². The topological polar surface area (TPSA) is 106 Å². The van der Waals surface area contributed by atoms with Gasteiger partial charge in [-0.3, -0.25) is 9.63 Å². The van der Waals surface area contributed by atoms with Crippen LogP contribution in [0.25, 0.3) is 0 Å². The molecular formula is C27H37NO7. The van der Waals surface area contributed by atoms with E-state index in [1.165, 1.54) is 5.57 Å². The van der Waals surface area contributed by atoms with Crippen LogP contribution in [0.15, 0.2) is 59.3 Å². The largest absolute Gasteiger partial charge is 0.464 e. The smallest absolute Gasteiger partial charge is 0.293 e. The molecule has 1 spiro atoms. The molecule has 4 aliphatic rings. The number of hydrogen-bond acceptors (Lipinski definition) is 8. The molecule has 192 valence electrons. The summed E-state index contributed by atoms with van der Waals surface area (Å²) in [6.45, 7) is 5.39. The van der Waals surface area contributed by atoms with Crippen LogP contribution in [-0.2, 0) is 23.8 Å². The molecule has 2 fully saturated rings. The molecule has 0 aromatic rings. The number of carbonyl (C=O) groups excluding carboxylic acids is 1. The van der Waals surface area contributed by atoms with E-state index in [2.05, 4.69) is 24.6 Å². The van der Waals surface area contributed by atoms with Gasteiger partial charge in [-0.2, -0.15) is 5.48 Å². The Kier molecular flexibility index (Phi) is 8.42. The number of rotatable bonds is 8. The Morgan fingerprint density at radius 3 is 3.03 bits per heavy atom. The van der Waals surface area contributed by atoms with Crippen molar-refractivity contribution in [3.8, 4) is 0 Å². The first kappa shape index (κ1) is 26.0. The zero-order chi connectivity index (χ0) is 24.9. The molecule has 3 aliphatic heterocycles. The third-order valence-corrected chi connectivity index (χ3v) is 7.27. The fourth-order valence-electron chi connectivity index (χ4n) is 5.18. The number of hydroxylamine groups is 1. The molecule has 0 saturated carbocycles. The molecule has 4 rings (SSSR count). The summed E-state index contributed by atoms with van der Waals surface area (Å²) in [7, 11) is 0. The molecule has 2 saturated heterocycles. The summed E-state index contributed by atoms with van der Waals surface area (Å²) in [6, 6.07) is 0. The summed E-state index contributed by atoms with van der Waals surface area (Å²) in [5, 5.41) is 21.4. The van der Waals surface area contributed by atoms with E-state index >= 15 is 0 Å². The van der Waals surface area contributed by atoms with Crippen molar-refractivity contribution in [1.82, 2.24) is 5.48 Å². The van der Waals surface area contributed by atoms with Gasteiger partial charge in [-0.05, 0) is 50.3 Å². The lowest BCUT2D eigenvalue weighted by Crippen LogP contribution is -2.51. The monoisotopic (exact) mass is 487 g/mol. The maximum absolute atomic E-state index is 11.0. The summed E-state index contributed by atoms with van der Waals surface area (Å²) in [6.07, 6.45) is 16.1. The summed E-state index contributed by atoms with van der Waals surface area (Å²) in [5.41, 5.74) is 4.62. The fraction of sp³-hybridized carbons (Fsp3) is 0.593. The minimum atomic E-state index is -1.13. The second-order valence-corrected chi connectivity index (χ2v) is 9.90. The van der Waals surface area contributed by atoms with Gasteiger partial charge in [-0.25, -0.2) is 0 Å². The molecule has 8 heteroatoms. The Morgan fingerprint density at radius 2 is 2.26 bits per heavy atom. The SMILES string of the molecule is CC1=CC[C@]2(O)/C(=C/C=C/CC/C(C)=C/CC3CC(OC=O)CC4(C=CCNO4)O3)CO[C@@H]2C1O. The molecule has 0 radical (unpaired) electrons. The molecule has 4 unspecified atom stereocenters. The van der Waals surface area contributed by atoms with Crippen molar-refractivity contribution < 1.29 is 34.1 Å². The number of allylic oxidation sites excluding steroid dienone is 4. The summed E-state index contributed by atoms with van der Waals surface area (Å²) in [5.74, 6) is -0.900.